The van der Waals surface area contributed by atoms with E-state index in [1.54, 1.807) is 17.7 Å². The number of nitrogens with zero attached hydrogens (tertiary/aromatic N) is 2. The van der Waals surface area contributed by atoms with Crippen molar-refractivity contribution >= 4 is 20.2 Å². The normalized spacial score (nSPS) is 12.6. The Morgan fingerprint density at radius 2 is 1.79 bits per heavy atom. The van der Waals surface area contributed by atoms with Crippen LogP contribution in [0.4, 0.5) is 0 Å². The van der Waals surface area contributed by atoms with Gasteiger partial charge in [0.05, 0.1) is 6.61 Å². The smallest absolute Gasteiger partial charge is 0.356 e. The summed E-state index contributed by atoms with van der Waals surface area (Å²) in [5.41, 5.74) is -0.0518. The molecule has 1 N–H and O–H groups in total. The number of aromatic nitrogens is 2. The lowest BCUT2D eigenvalue weighted by molar-refractivity contribution is -0.128. The molecule has 0 spiro atoms. The second-order valence-electron chi connectivity index (χ2n) is 9.53. The summed E-state index contributed by atoms with van der Waals surface area (Å²) in [6, 6.07) is 1.66. The van der Waals surface area contributed by atoms with Crippen LogP contribution in [0.5, 0.6) is 5.88 Å². The summed E-state index contributed by atoms with van der Waals surface area (Å²) in [5, 5.41) is 7.43. The van der Waals surface area contributed by atoms with Gasteiger partial charge in [-0.3, -0.25) is 9.48 Å². The SMILES string of the molecule is CCOC(=O)c1cc(O[Si](C)(C)C(C)(C)C)nn1CCCNC(=O)C(C)(C)C. The van der Waals surface area contributed by atoms with Crippen LogP contribution in [0.2, 0.25) is 18.1 Å². The van der Waals surface area contributed by atoms with Crippen molar-refractivity contribution in [1.29, 1.82) is 0 Å². The summed E-state index contributed by atoms with van der Waals surface area (Å²) < 4.78 is 13.0. The van der Waals surface area contributed by atoms with E-state index in [2.05, 4.69) is 44.3 Å². The van der Waals surface area contributed by atoms with Crippen molar-refractivity contribution < 1.29 is 18.8 Å². The first-order valence-corrected chi connectivity index (χ1v) is 12.8. The molecule has 0 bridgehead atoms. The zero-order valence-electron chi connectivity index (χ0n) is 18.9. The Balaban J connectivity index is 2.89. The van der Waals surface area contributed by atoms with Crippen LogP contribution in [-0.4, -0.2) is 43.1 Å². The van der Waals surface area contributed by atoms with Crippen molar-refractivity contribution in [3.8, 4) is 5.88 Å². The molecule has 0 aliphatic carbocycles. The molecule has 0 aromatic carbocycles. The van der Waals surface area contributed by atoms with Gasteiger partial charge >= 0.3 is 5.97 Å². The highest BCUT2D eigenvalue weighted by Crippen LogP contribution is 2.37. The summed E-state index contributed by atoms with van der Waals surface area (Å²) in [6.45, 7) is 19.4. The number of rotatable bonds is 8. The first kappa shape index (κ1) is 24.2. The molecule has 0 aliphatic rings. The van der Waals surface area contributed by atoms with E-state index in [-0.39, 0.29) is 10.9 Å². The molecule has 0 saturated carbocycles. The van der Waals surface area contributed by atoms with Gasteiger partial charge in [-0.15, -0.1) is 5.10 Å². The Kier molecular flexibility index (Phi) is 7.88. The summed E-state index contributed by atoms with van der Waals surface area (Å²) >= 11 is 0. The molecular weight excluding hydrogens is 374 g/mol. The number of amides is 1. The molecule has 1 aromatic rings. The fourth-order valence-corrected chi connectivity index (χ4v) is 3.02. The fraction of sp³-hybridized carbons (Fsp3) is 0.750. The lowest BCUT2D eigenvalue weighted by atomic mass is 9.96. The third-order valence-corrected chi connectivity index (χ3v) is 9.25. The zero-order chi connectivity index (χ0) is 21.8. The van der Waals surface area contributed by atoms with Crippen LogP contribution in [-0.2, 0) is 16.1 Å². The minimum Gasteiger partial charge on any atom is -0.530 e. The van der Waals surface area contributed by atoms with Crippen molar-refractivity contribution in [1.82, 2.24) is 15.1 Å². The van der Waals surface area contributed by atoms with Crippen molar-refractivity contribution in [2.45, 2.75) is 79.6 Å². The van der Waals surface area contributed by atoms with Gasteiger partial charge in [-0.2, -0.15) is 0 Å². The van der Waals surface area contributed by atoms with Gasteiger partial charge in [-0.25, -0.2) is 4.79 Å². The topological polar surface area (TPSA) is 82.4 Å². The van der Waals surface area contributed by atoms with Crippen molar-refractivity contribution in [3.63, 3.8) is 0 Å². The molecule has 0 atom stereocenters. The van der Waals surface area contributed by atoms with Crippen molar-refractivity contribution in [3.05, 3.63) is 11.8 Å². The molecule has 0 radical (unpaired) electrons. The van der Waals surface area contributed by atoms with Crippen LogP contribution in [0.15, 0.2) is 6.07 Å². The van der Waals surface area contributed by atoms with Gasteiger partial charge in [-0.05, 0) is 31.5 Å². The molecule has 160 valence electrons. The molecule has 0 fully saturated rings. The average Bonchev–Trinajstić information content (AvgIpc) is 2.91. The molecule has 1 amide bonds. The van der Waals surface area contributed by atoms with E-state index in [4.69, 9.17) is 9.16 Å². The minimum absolute atomic E-state index is 0.000491. The molecule has 7 nitrogen and oxygen atoms in total. The highest BCUT2D eigenvalue weighted by atomic mass is 28.4. The number of hydrogen-bond donors (Lipinski definition) is 1. The van der Waals surface area contributed by atoms with E-state index in [0.717, 1.165) is 0 Å². The number of hydrogen-bond acceptors (Lipinski definition) is 5. The maximum atomic E-state index is 12.3. The van der Waals surface area contributed by atoms with Gasteiger partial charge < -0.3 is 14.5 Å². The standard InChI is InChI=1S/C20H37N3O4Si/c1-10-26-17(24)15-14-16(27-28(8,9)20(5,6)7)22-23(15)13-11-12-21-18(25)19(2,3)4/h14H,10-13H2,1-9H3,(H,21,25). The van der Waals surface area contributed by atoms with Gasteiger partial charge in [0.25, 0.3) is 8.32 Å². The van der Waals surface area contributed by atoms with E-state index in [1.807, 2.05) is 20.8 Å². The highest BCUT2D eigenvalue weighted by molar-refractivity contribution is 6.74. The Bertz CT molecular complexity index is 685. The summed E-state index contributed by atoms with van der Waals surface area (Å²) in [7, 11) is -2.07. The minimum atomic E-state index is -2.07. The first-order chi connectivity index (χ1) is 12.7. The van der Waals surface area contributed by atoms with Gasteiger partial charge in [0.2, 0.25) is 11.8 Å². The maximum absolute atomic E-state index is 12.3. The van der Waals surface area contributed by atoms with Crippen molar-refractivity contribution in [2.75, 3.05) is 13.2 Å². The van der Waals surface area contributed by atoms with Crippen LogP contribution < -0.4 is 9.74 Å². The van der Waals surface area contributed by atoms with E-state index in [1.165, 1.54) is 0 Å². The number of esters is 1. The monoisotopic (exact) mass is 411 g/mol. The molecular formula is C20H37N3O4Si. The lowest BCUT2D eigenvalue weighted by Crippen LogP contribution is -2.44. The van der Waals surface area contributed by atoms with Crippen molar-refractivity contribution in [2.24, 2.45) is 5.41 Å². The Hall–Kier alpha value is -1.83. The lowest BCUT2D eigenvalue weighted by Gasteiger charge is -2.35. The number of ether oxygens (including phenoxy) is 1. The van der Waals surface area contributed by atoms with Crippen LogP contribution in [0.3, 0.4) is 0 Å². The Morgan fingerprint density at radius 1 is 1.18 bits per heavy atom. The van der Waals surface area contributed by atoms with Gasteiger partial charge in [-0.1, -0.05) is 41.5 Å². The van der Waals surface area contributed by atoms with Gasteiger partial charge in [0.15, 0.2) is 0 Å². The fourth-order valence-electron chi connectivity index (χ4n) is 2.09. The molecule has 0 unspecified atom stereocenters. The average molecular weight is 412 g/mol. The predicted molar refractivity (Wildman–Crippen MR) is 113 cm³/mol. The summed E-state index contributed by atoms with van der Waals surface area (Å²) in [5.74, 6) is 0.0349. The van der Waals surface area contributed by atoms with E-state index >= 15 is 0 Å². The molecule has 1 aromatic heterocycles. The van der Waals surface area contributed by atoms with Crippen LogP contribution in [0.25, 0.3) is 0 Å². The summed E-state index contributed by atoms with van der Waals surface area (Å²) in [6.07, 6.45) is 0.648. The Labute approximate surface area is 170 Å². The van der Waals surface area contributed by atoms with Crippen LogP contribution in [0, 0.1) is 5.41 Å². The molecule has 0 aliphatic heterocycles. The largest absolute Gasteiger partial charge is 0.530 e. The predicted octanol–water partition coefficient (Wildman–Crippen LogP) is 4.00. The molecule has 28 heavy (non-hydrogen) atoms. The molecule has 8 heteroatoms. The molecule has 1 heterocycles. The Morgan fingerprint density at radius 3 is 2.29 bits per heavy atom. The van der Waals surface area contributed by atoms with E-state index in [0.29, 0.717) is 37.7 Å². The van der Waals surface area contributed by atoms with Gasteiger partial charge in [0.1, 0.15) is 5.69 Å². The zero-order valence-corrected chi connectivity index (χ0v) is 19.9. The maximum Gasteiger partial charge on any atom is 0.356 e. The number of aryl methyl sites for hydroxylation is 1. The van der Waals surface area contributed by atoms with Crippen LogP contribution >= 0.6 is 0 Å². The molecule has 0 saturated heterocycles. The quantitative estimate of drug-likeness (QED) is 0.397. The number of nitrogens with one attached hydrogen (secondary N) is 1. The number of carbonyl (C=O) groups excluding carboxylic acids is 2. The van der Waals surface area contributed by atoms with E-state index in [9.17, 15) is 9.59 Å². The third kappa shape index (κ3) is 6.65. The van der Waals surface area contributed by atoms with E-state index < -0.39 is 19.7 Å². The molecule has 1 rings (SSSR count). The second kappa shape index (κ2) is 9.11. The number of carbonyl (C=O) groups is 2. The van der Waals surface area contributed by atoms with Crippen LogP contribution in [0.1, 0.15) is 65.4 Å². The summed E-state index contributed by atoms with van der Waals surface area (Å²) in [4.78, 5) is 24.3. The first-order valence-electron chi connectivity index (χ1n) is 9.91. The van der Waals surface area contributed by atoms with Gasteiger partial charge in [0, 0.05) is 24.6 Å². The second-order valence-corrected chi connectivity index (χ2v) is 14.3. The third-order valence-electron chi connectivity index (χ3n) is 4.92. The highest BCUT2D eigenvalue weighted by Gasteiger charge is 2.39.